The Morgan fingerprint density at radius 3 is 2.27 bits per heavy atom. The fourth-order valence-corrected chi connectivity index (χ4v) is 4.96. The van der Waals surface area contributed by atoms with Crippen LogP contribution in [-0.4, -0.2) is 42.6 Å². The van der Waals surface area contributed by atoms with Crippen LogP contribution in [-0.2, 0) is 19.4 Å². The summed E-state index contributed by atoms with van der Waals surface area (Å²) in [5.74, 6) is -0.394. The van der Waals surface area contributed by atoms with Gasteiger partial charge < -0.3 is 19.5 Å². The Labute approximate surface area is 233 Å². The highest BCUT2D eigenvalue weighted by atomic mass is 32.2. The maximum atomic E-state index is 13.8. The Hall–Kier alpha value is -3.93. The molecule has 0 saturated carbocycles. The minimum Gasteiger partial charge on any atom is -0.444 e. The molecule has 0 aliphatic rings. The van der Waals surface area contributed by atoms with Crippen molar-refractivity contribution in [1.82, 2.24) is 9.88 Å². The van der Waals surface area contributed by atoms with E-state index in [1.54, 1.807) is 45.0 Å². The predicted molar refractivity (Wildman–Crippen MR) is 148 cm³/mol. The number of halogens is 1. The van der Waals surface area contributed by atoms with Gasteiger partial charge in [-0.05, 0) is 101 Å². The molecular weight excluding hydrogens is 541 g/mol. The van der Waals surface area contributed by atoms with Gasteiger partial charge in [0.15, 0.2) is 9.84 Å². The third-order valence-electron chi connectivity index (χ3n) is 6.10. The van der Waals surface area contributed by atoms with Gasteiger partial charge in [-0.1, -0.05) is 12.1 Å². The summed E-state index contributed by atoms with van der Waals surface area (Å²) in [4.78, 5) is 27.9. The second kappa shape index (κ2) is 12.5. The van der Waals surface area contributed by atoms with Crippen LogP contribution in [0, 0.1) is 22.9 Å². The molecule has 0 spiro atoms. The van der Waals surface area contributed by atoms with Gasteiger partial charge in [0, 0.05) is 17.6 Å². The maximum absolute atomic E-state index is 13.8. The van der Waals surface area contributed by atoms with Crippen molar-refractivity contribution in [1.29, 1.82) is 0 Å². The highest BCUT2D eigenvalue weighted by Crippen LogP contribution is 2.35. The van der Waals surface area contributed by atoms with Gasteiger partial charge in [0.25, 0.3) is 5.09 Å². The molecule has 0 aliphatic heterocycles. The van der Waals surface area contributed by atoms with Crippen LogP contribution in [0.4, 0.5) is 9.18 Å². The first-order chi connectivity index (χ1) is 18.7. The summed E-state index contributed by atoms with van der Waals surface area (Å²) in [7, 11) is -3.40. The van der Waals surface area contributed by atoms with Crippen molar-refractivity contribution >= 4 is 15.9 Å². The van der Waals surface area contributed by atoms with Gasteiger partial charge >= 0.3 is 6.09 Å². The zero-order valence-electron chi connectivity index (χ0n) is 23.1. The molecule has 3 rings (SSSR count). The van der Waals surface area contributed by atoms with E-state index in [9.17, 15) is 27.7 Å². The molecule has 40 heavy (non-hydrogen) atoms. The molecule has 1 heterocycles. The first-order valence-corrected chi connectivity index (χ1v) is 14.6. The van der Waals surface area contributed by atoms with E-state index in [0.29, 0.717) is 36.2 Å². The summed E-state index contributed by atoms with van der Waals surface area (Å²) in [6, 6.07) is 13.7. The Morgan fingerprint density at radius 2 is 1.73 bits per heavy atom. The van der Waals surface area contributed by atoms with Crippen molar-refractivity contribution in [3.05, 3.63) is 81.8 Å². The number of sulfone groups is 1. The van der Waals surface area contributed by atoms with Crippen LogP contribution in [0.2, 0.25) is 0 Å². The number of hydrogen-bond acceptors (Lipinski definition) is 7. The summed E-state index contributed by atoms with van der Waals surface area (Å²) in [6.07, 6.45) is 1.85. The van der Waals surface area contributed by atoms with E-state index < -0.39 is 38.5 Å². The molecule has 2 aromatic carbocycles. The number of hydrogen-bond donors (Lipinski definition) is 1. The SMILES string of the molecule is Cc1c([C@@H](CCCCO[N+](=O)[O-])NC(=O)OC(C)(C)C)cc(-c2ccc(S(C)(=O)=O)cc2)n1-c1ccc(F)cc1. The number of rotatable bonds is 11. The molecule has 1 amide bonds. The monoisotopic (exact) mass is 575 g/mol. The Bertz CT molecular complexity index is 1440. The summed E-state index contributed by atoms with van der Waals surface area (Å²) in [6.45, 7) is 7.06. The standard InChI is InChI=1S/C28H34FN3O7S/c1-19-24(25(8-6-7-17-38-32(34)35)30-27(33)39-28(2,3)4)18-26(31(19)22-13-11-21(29)12-14-22)20-9-15-23(16-10-20)40(5,36)37/h9-16,18,25H,6-8,17H2,1-5H3,(H,30,33)/t25-/m1/s1. The molecule has 3 aromatic rings. The summed E-state index contributed by atoms with van der Waals surface area (Å²) >= 11 is 0. The lowest BCUT2D eigenvalue weighted by molar-refractivity contribution is -0.757. The Balaban J connectivity index is 2.07. The summed E-state index contributed by atoms with van der Waals surface area (Å²) < 4.78 is 45.1. The van der Waals surface area contributed by atoms with E-state index in [4.69, 9.17) is 4.74 Å². The molecule has 1 N–H and O–H groups in total. The molecule has 0 fully saturated rings. The predicted octanol–water partition coefficient (Wildman–Crippen LogP) is 5.94. The normalized spacial score (nSPS) is 12.6. The average molecular weight is 576 g/mol. The number of unbranched alkanes of at least 4 members (excludes halogenated alkanes) is 1. The molecule has 0 radical (unpaired) electrons. The average Bonchev–Trinajstić information content (AvgIpc) is 3.18. The lowest BCUT2D eigenvalue weighted by atomic mass is 10.0. The lowest BCUT2D eigenvalue weighted by Crippen LogP contribution is -2.35. The van der Waals surface area contributed by atoms with Crippen LogP contribution in [0.5, 0.6) is 0 Å². The number of ether oxygens (including phenoxy) is 1. The number of nitrogens with zero attached hydrogens (tertiary/aromatic N) is 2. The van der Waals surface area contributed by atoms with Crippen molar-refractivity contribution in [2.75, 3.05) is 12.9 Å². The minimum atomic E-state index is -3.40. The molecule has 1 atom stereocenters. The van der Waals surface area contributed by atoms with E-state index in [1.165, 1.54) is 24.3 Å². The molecule has 216 valence electrons. The van der Waals surface area contributed by atoms with Gasteiger partial charge in [-0.2, -0.15) is 0 Å². The lowest BCUT2D eigenvalue weighted by Gasteiger charge is -2.24. The minimum absolute atomic E-state index is 0.0698. The first kappa shape index (κ1) is 30.6. The van der Waals surface area contributed by atoms with Gasteiger partial charge in [-0.15, -0.1) is 10.1 Å². The second-order valence-corrected chi connectivity index (χ2v) is 12.4. The molecule has 1 aromatic heterocycles. The largest absolute Gasteiger partial charge is 0.444 e. The van der Waals surface area contributed by atoms with Gasteiger partial charge in [0.1, 0.15) is 11.4 Å². The molecule has 10 nitrogen and oxygen atoms in total. The fourth-order valence-electron chi connectivity index (χ4n) is 4.33. The van der Waals surface area contributed by atoms with Crippen molar-refractivity contribution in [3.63, 3.8) is 0 Å². The number of aromatic nitrogens is 1. The number of nitrogens with one attached hydrogen (secondary N) is 1. The van der Waals surface area contributed by atoms with Gasteiger partial charge in [0.2, 0.25) is 0 Å². The molecule has 0 aliphatic carbocycles. The van der Waals surface area contributed by atoms with E-state index in [-0.39, 0.29) is 11.5 Å². The van der Waals surface area contributed by atoms with Gasteiger partial charge in [-0.25, -0.2) is 17.6 Å². The van der Waals surface area contributed by atoms with Crippen molar-refractivity contribution in [2.24, 2.45) is 0 Å². The highest BCUT2D eigenvalue weighted by Gasteiger charge is 2.25. The molecule has 12 heteroatoms. The number of benzene rings is 2. The number of carbonyl (C=O) groups excluding carboxylic acids is 1. The van der Waals surface area contributed by atoms with Crippen molar-refractivity contribution in [2.45, 2.75) is 63.5 Å². The Kier molecular flexibility index (Phi) is 9.56. The van der Waals surface area contributed by atoms with E-state index >= 15 is 0 Å². The van der Waals surface area contributed by atoms with Crippen LogP contribution in [0.1, 0.15) is 57.3 Å². The summed E-state index contributed by atoms with van der Waals surface area (Å²) in [5.41, 5.74) is 2.87. The number of alkyl carbamates (subject to hydrolysis) is 1. The van der Waals surface area contributed by atoms with Crippen molar-refractivity contribution < 1.29 is 32.3 Å². The highest BCUT2D eigenvalue weighted by molar-refractivity contribution is 7.90. The summed E-state index contributed by atoms with van der Waals surface area (Å²) in [5, 5.41) is 12.6. The van der Waals surface area contributed by atoms with Crippen LogP contribution < -0.4 is 5.32 Å². The van der Waals surface area contributed by atoms with E-state index in [1.807, 2.05) is 17.6 Å². The second-order valence-electron chi connectivity index (χ2n) is 10.4. The van der Waals surface area contributed by atoms with Crippen LogP contribution >= 0.6 is 0 Å². The van der Waals surface area contributed by atoms with E-state index in [0.717, 1.165) is 17.5 Å². The first-order valence-electron chi connectivity index (χ1n) is 12.7. The Morgan fingerprint density at radius 1 is 1.10 bits per heavy atom. The quantitative estimate of drug-likeness (QED) is 0.170. The third-order valence-corrected chi connectivity index (χ3v) is 7.23. The zero-order valence-corrected chi connectivity index (χ0v) is 24.0. The molecule has 0 unspecified atom stereocenters. The van der Waals surface area contributed by atoms with Crippen LogP contribution in [0.25, 0.3) is 16.9 Å². The topological polar surface area (TPSA) is 130 Å². The van der Waals surface area contributed by atoms with Crippen LogP contribution in [0.15, 0.2) is 59.5 Å². The number of carbonyl (C=O) groups is 1. The molecule has 0 bridgehead atoms. The fraction of sp³-hybridized carbons (Fsp3) is 0.393. The van der Waals surface area contributed by atoms with Crippen LogP contribution in [0.3, 0.4) is 0 Å². The maximum Gasteiger partial charge on any atom is 0.408 e. The van der Waals surface area contributed by atoms with Gasteiger partial charge in [-0.3, -0.25) is 0 Å². The van der Waals surface area contributed by atoms with E-state index in [2.05, 4.69) is 10.2 Å². The molecule has 0 saturated heterocycles. The third kappa shape index (κ3) is 8.28. The van der Waals surface area contributed by atoms with Gasteiger partial charge in [0.05, 0.1) is 23.2 Å². The molecular formula is C28H34FN3O7S. The smallest absolute Gasteiger partial charge is 0.408 e. The van der Waals surface area contributed by atoms with Crippen molar-refractivity contribution in [3.8, 4) is 16.9 Å². The number of amides is 1. The zero-order chi connectivity index (χ0) is 29.7.